The first-order chi connectivity index (χ1) is 7.18. The third-order valence-corrected chi connectivity index (χ3v) is 2.68. The Morgan fingerprint density at radius 1 is 1.67 bits per heavy atom. The Kier molecular flexibility index (Phi) is 2.73. The lowest BCUT2D eigenvalue weighted by Crippen LogP contribution is -2.56. The zero-order valence-electron chi connectivity index (χ0n) is 8.93. The maximum Gasteiger partial charge on any atom is 0.276 e. The molecule has 1 aromatic heterocycles. The first kappa shape index (κ1) is 10.2. The van der Waals surface area contributed by atoms with Gasteiger partial charge < -0.3 is 14.7 Å². The van der Waals surface area contributed by atoms with Gasteiger partial charge in [0.2, 0.25) is 0 Å². The lowest BCUT2D eigenvalue weighted by Gasteiger charge is -2.37. The molecule has 5 nitrogen and oxygen atoms in total. The molecule has 15 heavy (non-hydrogen) atoms. The maximum absolute atomic E-state index is 12.0. The summed E-state index contributed by atoms with van der Waals surface area (Å²) in [6, 6.07) is 2.13. The fourth-order valence-electron chi connectivity index (χ4n) is 1.77. The van der Waals surface area contributed by atoms with Crippen molar-refractivity contribution in [1.82, 2.24) is 15.4 Å². The van der Waals surface area contributed by atoms with Crippen LogP contribution in [0.5, 0.6) is 0 Å². The zero-order valence-corrected chi connectivity index (χ0v) is 8.93. The van der Waals surface area contributed by atoms with E-state index in [1.807, 2.05) is 11.8 Å². The van der Waals surface area contributed by atoms with Crippen molar-refractivity contribution >= 4 is 5.91 Å². The Bertz CT molecular complexity index is 336. The van der Waals surface area contributed by atoms with Crippen molar-refractivity contribution in [3.8, 4) is 0 Å². The summed E-state index contributed by atoms with van der Waals surface area (Å²) < 4.78 is 4.68. The number of nitrogens with zero attached hydrogens (tertiary/aromatic N) is 2. The minimum Gasteiger partial charge on any atom is -0.364 e. The molecule has 1 amide bonds. The van der Waals surface area contributed by atoms with Crippen LogP contribution in [0.2, 0.25) is 0 Å². The summed E-state index contributed by atoms with van der Waals surface area (Å²) in [6.07, 6.45) is 1.42. The minimum atomic E-state index is -0.0513. The van der Waals surface area contributed by atoms with Gasteiger partial charge in [0.1, 0.15) is 6.26 Å². The molecule has 1 fully saturated rings. The molecule has 1 saturated heterocycles. The topological polar surface area (TPSA) is 58.4 Å². The molecule has 1 aliphatic rings. The van der Waals surface area contributed by atoms with Crippen molar-refractivity contribution in [2.45, 2.75) is 25.9 Å². The molecule has 2 unspecified atom stereocenters. The number of carbonyl (C=O) groups is 1. The summed E-state index contributed by atoms with van der Waals surface area (Å²) in [4.78, 5) is 13.8. The SMILES string of the molecule is CC1CN(C(=O)c2ccon2)C(C)CN1. The van der Waals surface area contributed by atoms with Gasteiger partial charge in [0.25, 0.3) is 5.91 Å². The van der Waals surface area contributed by atoms with Crippen molar-refractivity contribution < 1.29 is 9.32 Å². The van der Waals surface area contributed by atoms with Crippen molar-refractivity contribution in [2.75, 3.05) is 13.1 Å². The Balaban J connectivity index is 2.12. The largest absolute Gasteiger partial charge is 0.364 e. The Morgan fingerprint density at radius 2 is 2.47 bits per heavy atom. The molecule has 1 N–H and O–H groups in total. The highest BCUT2D eigenvalue weighted by Gasteiger charge is 2.28. The Hall–Kier alpha value is -1.36. The van der Waals surface area contributed by atoms with E-state index in [4.69, 9.17) is 0 Å². The molecule has 0 spiro atoms. The summed E-state index contributed by atoms with van der Waals surface area (Å²) in [5, 5.41) is 6.99. The number of hydrogen-bond acceptors (Lipinski definition) is 4. The summed E-state index contributed by atoms with van der Waals surface area (Å²) in [7, 11) is 0. The molecule has 2 rings (SSSR count). The third-order valence-electron chi connectivity index (χ3n) is 2.68. The van der Waals surface area contributed by atoms with Crippen LogP contribution >= 0.6 is 0 Å². The third kappa shape index (κ3) is 2.02. The van der Waals surface area contributed by atoms with Gasteiger partial charge in [-0.25, -0.2) is 0 Å². The standard InChI is InChI=1S/C10H15N3O2/c1-7-6-13(8(2)5-11-7)10(14)9-3-4-15-12-9/h3-4,7-8,11H,5-6H2,1-2H3. The number of carbonyl (C=O) groups excluding carboxylic acids is 1. The molecule has 1 aliphatic heterocycles. The van der Waals surface area contributed by atoms with E-state index in [1.54, 1.807) is 6.07 Å². The molecule has 0 aliphatic carbocycles. The van der Waals surface area contributed by atoms with Gasteiger partial charge in [-0.2, -0.15) is 0 Å². The molecule has 2 atom stereocenters. The van der Waals surface area contributed by atoms with Gasteiger partial charge in [-0.1, -0.05) is 5.16 Å². The monoisotopic (exact) mass is 209 g/mol. The van der Waals surface area contributed by atoms with E-state index in [1.165, 1.54) is 6.26 Å². The highest BCUT2D eigenvalue weighted by atomic mass is 16.5. The molecule has 0 bridgehead atoms. The second-order valence-corrected chi connectivity index (χ2v) is 4.00. The Morgan fingerprint density at radius 3 is 3.13 bits per heavy atom. The van der Waals surface area contributed by atoms with Crippen LogP contribution in [-0.2, 0) is 0 Å². The summed E-state index contributed by atoms with van der Waals surface area (Å²) in [6.45, 7) is 5.63. The number of piperazine rings is 1. The van der Waals surface area contributed by atoms with E-state index in [0.717, 1.165) is 6.54 Å². The highest BCUT2D eigenvalue weighted by Crippen LogP contribution is 2.11. The van der Waals surface area contributed by atoms with E-state index < -0.39 is 0 Å². The molecule has 1 aromatic rings. The minimum absolute atomic E-state index is 0.0513. The van der Waals surface area contributed by atoms with Crippen LogP contribution in [-0.4, -0.2) is 41.1 Å². The van der Waals surface area contributed by atoms with Crippen LogP contribution in [0, 0.1) is 0 Å². The second kappa shape index (κ2) is 4.02. The second-order valence-electron chi connectivity index (χ2n) is 4.00. The molecular weight excluding hydrogens is 194 g/mol. The fraction of sp³-hybridized carbons (Fsp3) is 0.600. The maximum atomic E-state index is 12.0. The van der Waals surface area contributed by atoms with Crippen molar-refractivity contribution in [3.05, 3.63) is 18.0 Å². The van der Waals surface area contributed by atoms with Gasteiger partial charge in [0.05, 0.1) is 0 Å². The van der Waals surface area contributed by atoms with Crippen LogP contribution in [0.3, 0.4) is 0 Å². The van der Waals surface area contributed by atoms with E-state index >= 15 is 0 Å². The van der Waals surface area contributed by atoms with E-state index in [9.17, 15) is 4.79 Å². The van der Waals surface area contributed by atoms with Crippen molar-refractivity contribution in [2.24, 2.45) is 0 Å². The van der Waals surface area contributed by atoms with Gasteiger partial charge in [-0.3, -0.25) is 4.79 Å². The van der Waals surface area contributed by atoms with Gasteiger partial charge in [-0.15, -0.1) is 0 Å². The van der Waals surface area contributed by atoms with Crippen molar-refractivity contribution in [1.29, 1.82) is 0 Å². The molecular formula is C10H15N3O2. The molecule has 2 heterocycles. The van der Waals surface area contributed by atoms with Crippen LogP contribution in [0.4, 0.5) is 0 Å². The van der Waals surface area contributed by atoms with Crippen LogP contribution in [0.1, 0.15) is 24.3 Å². The zero-order chi connectivity index (χ0) is 10.8. The summed E-state index contributed by atoms with van der Waals surface area (Å²) in [5.74, 6) is -0.0513. The average Bonchev–Trinajstić information content (AvgIpc) is 2.74. The number of hydrogen-bond donors (Lipinski definition) is 1. The van der Waals surface area contributed by atoms with E-state index in [2.05, 4.69) is 21.9 Å². The lowest BCUT2D eigenvalue weighted by atomic mass is 10.1. The van der Waals surface area contributed by atoms with E-state index in [0.29, 0.717) is 18.3 Å². The molecule has 82 valence electrons. The first-order valence-electron chi connectivity index (χ1n) is 5.13. The summed E-state index contributed by atoms with van der Waals surface area (Å²) >= 11 is 0. The fourth-order valence-corrected chi connectivity index (χ4v) is 1.77. The molecule has 5 heteroatoms. The van der Waals surface area contributed by atoms with Gasteiger partial charge in [0.15, 0.2) is 5.69 Å². The van der Waals surface area contributed by atoms with Crippen LogP contribution < -0.4 is 5.32 Å². The van der Waals surface area contributed by atoms with Crippen LogP contribution in [0.25, 0.3) is 0 Å². The van der Waals surface area contributed by atoms with E-state index in [-0.39, 0.29) is 11.9 Å². The normalized spacial score (nSPS) is 26.7. The summed E-state index contributed by atoms with van der Waals surface area (Å²) in [5.41, 5.74) is 0.385. The number of nitrogens with one attached hydrogen (secondary N) is 1. The quantitative estimate of drug-likeness (QED) is 0.731. The molecule has 0 aromatic carbocycles. The number of aromatic nitrogens is 1. The average molecular weight is 209 g/mol. The first-order valence-corrected chi connectivity index (χ1v) is 5.13. The van der Waals surface area contributed by atoms with Gasteiger partial charge in [0, 0.05) is 31.2 Å². The predicted octanol–water partition coefficient (Wildman–Crippen LogP) is 0.497. The highest BCUT2D eigenvalue weighted by molar-refractivity contribution is 5.92. The van der Waals surface area contributed by atoms with Crippen molar-refractivity contribution in [3.63, 3.8) is 0 Å². The van der Waals surface area contributed by atoms with Gasteiger partial charge in [-0.05, 0) is 13.8 Å². The molecule has 0 saturated carbocycles. The van der Waals surface area contributed by atoms with Gasteiger partial charge >= 0.3 is 0 Å². The smallest absolute Gasteiger partial charge is 0.276 e. The lowest BCUT2D eigenvalue weighted by molar-refractivity contribution is 0.0606. The Labute approximate surface area is 88.4 Å². The number of amides is 1. The molecule has 0 radical (unpaired) electrons. The number of rotatable bonds is 1. The predicted molar refractivity (Wildman–Crippen MR) is 54.5 cm³/mol. The van der Waals surface area contributed by atoms with Crippen LogP contribution in [0.15, 0.2) is 16.9 Å².